The van der Waals surface area contributed by atoms with Crippen LogP contribution < -0.4 is 9.80 Å². The van der Waals surface area contributed by atoms with E-state index in [-0.39, 0.29) is 30.7 Å². The Kier molecular flexibility index (Phi) is 8.05. The molecule has 0 atom stereocenters. The SMILES string of the molecule is CCN(CC1CCCC1)c1nc2ccccc2cc1CN(Cc1cc(C(F)(F)F)cc(C(F)(F)F)c1)c1nn[nH]n1. The lowest BCUT2D eigenvalue weighted by Crippen LogP contribution is -2.32. The third-order valence-electron chi connectivity index (χ3n) is 7.41. The molecule has 0 spiro atoms. The first-order valence-corrected chi connectivity index (χ1v) is 13.4. The summed E-state index contributed by atoms with van der Waals surface area (Å²) in [6, 6.07) is 11.1. The van der Waals surface area contributed by atoms with Gasteiger partial charge in [-0.05, 0) is 66.8 Å². The number of rotatable bonds is 9. The van der Waals surface area contributed by atoms with Crippen LogP contribution in [-0.2, 0) is 25.4 Å². The lowest BCUT2D eigenvalue weighted by atomic mass is 10.0. The lowest BCUT2D eigenvalue weighted by Gasteiger charge is -2.30. The van der Waals surface area contributed by atoms with Crippen LogP contribution >= 0.6 is 0 Å². The van der Waals surface area contributed by atoms with Gasteiger partial charge in [-0.1, -0.05) is 36.1 Å². The molecule has 5 rings (SSSR count). The summed E-state index contributed by atoms with van der Waals surface area (Å²) < 4.78 is 81.3. The number of fused-ring (bicyclic) bond motifs is 1. The van der Waals surface area contributed by atoms with E-state index in [1.54, 1.807) is 0 Å². The average molecular weight is 578 g/mol. The summed E-state index contributed by atoms with van der Waals surface area (Å²) in [7, 11) is 0. The lowest BCUT2D eigenvalue weighted by molar-refractivity contribution is -0.143. The standard InChI is InChI=1S/C28H29F6N7/c1-2-40(15-18-7-3-4-8-18)25-21(13-20-9-5-6-10-24(20)35-25)17-41(26-36-38-39-37-26)16-19-11-22(27(29,30)31)14-23(12-19)28(32,33)34/h5-6,9-14,18H,2-4,7-8,15-17H2,1H3,(H,36,37,38,39). The van der Waals surface area contributed by atoms with Crippen molar-refractivity contribution in [3.63, 3.8) is 0 Å². The number of hydrogen-bond donors (Lipinski definition) is 1. The van der Waals surface area contributed by atoms with Crippen LogP contribution in [0.4, 0.5) is 38.1 Å². The first kappa shape index (κ1) is 28.6. The first-order chi connectivity index (χ1) is 19.5. The van der Waals surface area contributed by atoms with Gasteiger partial charge >= 0.3 is 12.4 Å². The molecule has 1 aliphatic rings. The number of benzene rings is 2. The topological polar surface area (TPSA) is 73.8 Å². The molecule has 4 aromatic rings. The molecule has 0 aliphatic heterocycles. The smallest absolute Gasteiger partial charge is 0.356 e. The average Bonchev–Trinajstić information content (AvgIpc) is 3.65. The Morgan fingerprint density at radius 3 is 2.17 bits per heavy atom. The summed E-state index contributed by atoms with van der Waals surface area (Å²) in [5, 5.41) is 14.7. The Morgan fingerprint density at radius 2 is 1.56 bits per heavy atom. The maximum atomic E-state index is 13.6. The number of halogens is 6. The Bertz CT molecular complexity index is 1430. The summed E-state index contributed by atoms with van der Waals surface area (Å²) in [4.78, 5) is 8.65. The molecule has 2 heterocycles. The van der Waals surface area contributed by atoms with Gasteiger partial charge in [0.15, 0.2) is 0 Å². The van der Waals surface area contributed by atoms with E-state index in [9.17, 15) is 26.3 Å². The van der Waals surface area contributed by atoms with Crippen molar-refractivity contribution in [1.29, 1.82) is 0 Å². The normalized spacial score (nSPS) is 14.6. The fourth-order valence-electron chi connectivity index (χ4n) is 5.43. The largest absolute Gasteiger partial charge is 0.416 e. The van der Waals surface area contributed by atoms with E-state index in [4.69, 9.17) is 4.98 Å². The van der Waals surface area contributed by atoms with Crippen LogP contribution in [0.2, 0.25) is 0 Å². The maximum absolute atomic E-state index is 13.6. The molecular formula is C28H29F6N7. The van der Waals surface area contributed by atoms with Crippen molar-refractivity contribution in [3.05, 3.63) is 70.8 Å². The van der Waals surface area contributed by atoms with Crippen molar-refractivity contribution in [2.24, 2.45) is 5.92 Å². The van der Waals surface area contributed by atoms with Gasteiger partial charge in [-0.25, -0.2) is 4.98 Å². The van der Waals surface area contributed by atoms with E-state index in [0.717, 1.165) is 48.0 Å². The summed E-state index contributed by atoms with van der Waals surface area (Å²) in [5.74, 6) is 1.27. The van der Waals surface area contributed by atoms with Crippen molar-refractivity contribution in [2.75, 3.05) is 22.9 Å². The van der Waals surface area contributed by atoms with Gasteiger partial charge in [0.1, 0.15) is 5.82 Å². The number of aromatic nitrogens is 5. The van der Waals surface area contributed by atoms with Crippen LogP contribution in [0.3, 0.4) is 0 Å². The van der Waals surface area contributed by atoms with Crippen LogP contribution in [0.5, 0.6) is 0 Å². The number of anilines is 2. The van der Waals surface area contributed by atoms with Crippen molar-refractivity contribution in [3.8, 4) is 0 Å². The molecule has 2 aromatic carbocycles. The zero-order valence-electron chi connectivity index (χ0n) is 22.3. The quantitative estimate of drug-likeness (QED) is 0.216. The van der Waals surface area contributed by atoms with Crippen molar-refractivity contribution in [2.45, 2.75) is 58.0 Å². The predicted molar refractivity (Wildman–Crippen MR) is 142 cm³/mol. The number of H-pyrrole nitrogens is 1. The molecule has 1 saturated carbocycles. The van der Waals surface area contributed by atoms with Gasteiger partial charge < -0.3 is 9.80 Å². The molecular weight excluding hydrogens is 548 g/mol. The number of tetrazole rings is 1. The second kappa shape index (κ2) is 11.5. The molecule has 2 aromatic heterocycles. The number of nitrogens with one attached hydrogen (secondary N) is 1. The highest BCUT2D eigenvalue weighted by atomic mass is 19.4. The summed E-state index contributed by atoms with van der Waals surface area (Å²) in [6.07, 6.45) is -5.28. The first-order valence-electron chi connectivity index (χ1n) is 13.4. The zero-order valence-corrected chi connectivity index (χ0v) is 22.3. The van der Waals surface area contributed by atoms with Crippen LogP contribution in [-0.4, -0.2) is 38.7 Å². The molecule has 41 heavy (non-hydrogen) atoms. The van der Waals surface area contributed by atoms with E-state index in [0.29, 0.717) is 18.3 Å². The van der Waals surface area contributed by atoms with E-state index >= 15 is 0 Å². The number of nitrogens with zero attached hydrogens (tertiary/aromatic N) is 6. The molecule has 0 radical (unpaired) electrons. The van der Waals surface area contributed by atoms with E-state index < -0.39 is 23.5 Å². The Labute approximate surface area is 232 Å². The van der Waals surface area contributed by atoms with Crippen LogP contribution in [0.25, 0.3) is 10.9 Å². The molecule has 0 saturated heterocycles. The van der Waals surface area contributed by atoms with Crippen molar-refractivity contribution in [1.82, 2.24) is 25.6 Å². The van der Waals surface area contributed by atoms with Gasteiger partial charge in [0, 0.05) is 37.1 Å². The number of hydrogen-bond acceptors (Lipinski definition) is 6. The zero-order chi connectivity index (χ0) is 29.2. The number of para-hydroxylation sites is 1. The molecule has 0 amide bonds. The summed E-state index contributed by atoms with van der Waals surface area (Å²) >= 11 is 0. The van der Waals surface area contributed by atoms with Gasteiger partial charge in [-0.3, -0.25) is 0 Å². The molecule has 0 bridgehead atoms. The maximum Gasteiger partial charge on any atom is 0.416 e. The van der Waals surface area contributed by atoms with Crippen LogP contribution in [0.15, 0.2) is 48.5 Å². The minimum absolute atomic E-state index is 0.0360. The number of alkyl halides is 6. The predicted octanol–water partition coefficient (Wildman–Crippen LogP) is 7.01. The van der Waals surface area contributed by atoms with Gasteiger partial charge in [-0.2, -0.15) is 31.6 Å². The van der Waals surface area contributed by atoms with E-state index in [1.165, 1.54) is 17.7 Å². The molecule has 1 aliphatic carbocycles. The molecule has 0 unspecified atom stereocenters. The molecule has 7 nitrogen and oxygen atoms in total. The number of aromatic amines is 1. The molecule has 13 heteroatoms. The third kappa shape index (κ3) is 6.71. The van der Waals surface area contributed by atoms with Gasteiger partial charge in [-0.15, -0.1) is 5.10 Å². The van der Waals surface area contributed by atoms with Gasteiger partial charge in [0.25, 0.3) is 5.95 Å². The molecule has 1 N–H and O–H groups in total. The second-order valence-corrected chi connectivity index (χ2v) is 10.3. The van der Waals surface area contributed by atoms with Crippen LogP contribution in [0, 0.1) is 5.92 Å². The highest BCUT2D eigenvalue weighted by Gasteiger charge is 2.37. The third-order valence-corrected chi connectivity index (χ3v) is 7.41. The summed E-state index contributed by atoms with van der Waals surface area (Å²) in [5.41, 5.74) is -1.41. The highest BCUT2D eigenvalue weighted by Crippen LogP contribution is 2.37. The van der Waals surface area contributed by atoms with Crippen molar-refractivity contribution >= 4 is 22.7 Å². The minimum atomic E-state index is -4.95. The van der Waals surface area contributed by atoms with Crippen molar-refractivity contribution < 1.29 is 26.3 Å². The molecule has 1 fully saturated rings. The Hall–Kier alpha value is -3.90. The Balaban J connectivity index is 1.56. The monoisotopic (exact) mass is 577 g/mol. The fraction of sp³-hybridized carbons (Fsp3) is 0.429. The Morgan fingerprint density at radius 1 is 0.878 bits per heavy atom. The van der Waals surface area contributed by atoms with E-state index in [1.807, 2.05) is 37.3 Å². The summed E-state index contributed by atoms with van der Waals surface area (Å²) in [6.45, 7) is 3.27. The van der Waals surface area contributed by atoms with E-state index in [2.05, 4.69) is 25.5 Å². The second-order valence-electron chi connectivity index (χ2n) is 10.3. The number of pyridine rings is 1. The molecule has 218 valence electrons. The highest BCUT2D eigenvalue weighted by molar-refractivity contribution is 5.82. The van der Waals surface area contributed by atoms with Gasteiger partial charge in [0.2, 0.25) is 0 Å². The fourth-order valence-corrected chi connectivity index (χ4v) is 5.43. The minimum Gasteiger partial charge on any atom is -0.356 e. The van der Waals surface area contributed by atoms with Crippen LogP contribution in [0.1, 0.15) is 54.9 Å². The van der Waals surface area contributed by atoms with Gasteiger partial charge in [0.05, 0.1) is 16.6 Å².